The Hall–Kier alpha value is -4.52. The number of aromatic nitrogens is 1. The minimum atomic E-state index is -0.451. The molecule has 0 saturated heterocycles. The summed E-state index contributed by atoms with van der Waals surface area (Å²) < 4.78 is 2.00. The van der Waals surface area contributed by atoms with Crippen molar-refractivity contribution in [1.29, 1.82) is 0 Å². The van der Waals surface area contributed by atoms with Crippen LogP contribution in [0.5, 0.6) is 0 Å². The van der Waals surface area contributed by atoms with Crippen LogP contribution in [-0.4, -0.2) is 14.6 Å². The van der Waals surface area contributed by atoms with Gasteiger partial charge in [-0.15, -0.1) is 0 Å². The number of rotatable bonds is 3. The lowest BCUT2D eigenvalue weighted by Crippen LogP contribution is -1.93. The van der Waals surface area contributed by atoms with Gasteiger partial charge in [0.25, 0.3) is 5.69 Å². The van der Waals surface area contributed by atoms with Crippen LogP contribution >= 0.6 is 11.8 Å². The van der Waals surface area contributed by atoms with E-state index < -0.39 is 4.92 Å². The number of hydrogen-bond acceptors (Lipinski definition) is 4. The molecule has 34 heavy (non-hydrogen) atoms. The van der Waals surface area contributed by atoms with Crippen molar-refractivity contribution in [2.24, 2.45) is 0 Å². The third-order valence-corrected chi connectivity index (χ3v) is 5.57. The van der Waals surface area contributed by atoms with Crippen molar-refractivity contribution in [2.75, 3.05) is 0 Å². The maximum Gasteiger partial charge on any atom is 0.286 e. The molecule has 0 saturated carbocycles. The molecule has 0 fully saturated rings. The first-order chi connectivity index (χ1) is 16.5. The van der Waals surface area contributed by atoms with E-state index in [1.165, 1.54) is 13.0 Å². The lowest BCUT2D eigenvalue weighted by molar-refractivity contribution is -0.385. The number of nitro benzene ring substituents is 1. The molecule has 0 aliphatic rings. The van der Waals surface area contributed by atoms with Gasteiger partial charge >= 0.3 is 0 Å². The molecule has 0 aliphatic heterocycles. The van der Waals surface area contributed by atoms with E-state index in [0.29, 0.717) is 16.7 Å². The molecule has 4 aromatic rings. The van der Waals surface area contributed by atoms with E-state index in [-0.39, 0.29) is 10.8 Å². The molecule has 0 unspecified atom stereocenters. The van der Waals surface area contributed by atoms with Crippen LogP contribution in [0.25, 0.3) is 5.69 Å². The third kappa shape index (κ3) is 5.83. The summed E-state index contributed by atoms with van der Waals surface area (Å²) in [6.07, 6.45) is 3.93. The summed E-state index contributed by atoms with van der Waals surface area (Å²) in [6.45, 7) is 1.51. The Morgan fingerprint density at radius 1 is 0.824 bits per heavy atom. The zero-order valence-electron chi connectivity index (χ0n) is 18.2. The van der Waals surface area contributed by atoms with Crippen molar-refractivity contribution in [3.63, 3.8) is 0 Å². The van der Waals surface area contributed by atoms with Crippen LogP contribution in [0.3, 0.4) is 0 Å². The first-order valence-electron chi connectivity index (χ1n) is 10.3. The van der Waals surface area contributed by atoms with Gasteiger partial charge in [-0.2, -0.15) is 0 Å². The number of thioether (sulfide) groups is 1. The van der Waals surface area contributed by atoms with E-state index in [1.807, 2.05) is 53.4 Å². The predicted molar refractivity (Wildman–Crippen MR) is 134 cm³/mol. The molecule has 164 valence electrons. The molecule has 0 aliphatic carbocycles. The van der Waals surface area contributed by atoms with E-state index in [1.54, 1.807) is 36.4 Å². The first kappa shape index (κ1) is 22.7. The molecule has 0 radical (unpaired) electrons. The van der Waals surface area contributed by atoms with Crippen LogP contribution < -0.4 is 0 Å². The summed E-state index contributed by atoms with van der Waals surface area (Å²) >= 11 is 1.14. The van der Waals surface area contributed by atoms with E-state index in [4.69, 9.17) is 0 Å². The second kappa shape index (κ2) is 10.4. The zero-order valence-corrected chi connectivity index (χ0v) is 19.0. The lowest BCUT2D eigenvalue weighted by atomic mass is 10.1. The molecule has 0 N–H and O–H groups in total. The average Bonchev–Trinajstić information content (AvgIpc) is 3.37. The molecule has 1 heterocycles. The standard InChI is InChI=1S/C28H18N2O3S/c1-21(31)34-27-16-10-23(11-17-27)6-12-25-13-7-24(20-28(25)30(32)33)5-4-22-8-14-26(15-9-22)29-18-2-3-19-29/h2-3,7-11,13-20H,1H3. The fourth-order valence-corrected chi connectivity index (χ4v) is 3.75. The van der Waals surface area contributed by atoms with Gasteiger partial charge < -0.3 is 4.57 Å². The quantitative estimate of drug-likeness (QED) is 0.166. The van der Waals surface area contributed by atoms with E-state index in [0.717, 1.165) is 27.9 Å². The Kier molecular flexibility index (Phi) is 6.93. The molecular weight excluding hydrogens is 444 g/mol. The third-order valence-electron chi connectivity index (χ3n) is 4.77. The highest BCUT2D eigenvalue weighted by Gasteiger charge is 2.12. The molecule has 0 atom stereocenters. The van der Waals surface area contributed by atoms with Crippen LogP contribution in [0.4, 0.5) is 5.69 Å². The summed E-state index contributed by atoms with van der Waals surface area (Å²) in [4.78, 5) is 23.2. The first-order valence-corrected chi connectivity index (χ1v) is 11.1. The van der Waals surface area contributed by atoms with Crippen molar-refractivity contribution in [3.8, 4) is 29.4 Å². The monoisotopic (exact) mass is 462 g/mol. The normalized spacial score (nSPS) is 9.91. The van der Waals surface area contributed by atoms with Crippen LogP contribution in [0.2, 0.25) is 0 Å². The predicted octanol–water partition coefficient (Wildman–Crippen LogP) is 5.82. The molecule has 5 nitrogen and oxygen atoms in total. The number of benzene rings is 3. The Labute approximate surface area is 201 Å². The summed E-state index contributed by atoms with van der Waals surface area (Å²) in [5.74, 6) is 11.9. The minimum absolute atomic E-state index is 0.00611. The van der Waals surface area contributed by atoms with Gasteiger partial charge in [0, 0.05) is 52.7 Å². The smallest absolute Gasteiger partial charge is 0.286 e. The van der Waals surface area contributed by atoms with Gasteiger partial charge in [-0.05, 0) is 72.8 Å². The zero-order chi connectivity index (χ0) is 23.9. The van der Waals surface area contributed by atoms with Gasteiger partial charge in [0.05, 0.1) is 4.92 Å². The summed E-state index contributed by atoms with van der Waals surface area (Å²) in [5.41, 5.74) is 3.31. The molecule has 0 bridgehead atoms. The topological polar surface area (TPSA) is 65.1 Å². The number of carbonyl (C=O) groups is 1. The van der Waals surface area contributed by atoms with E-state index in [9.17, 15) is 14.9 Å². The van der Waals surface area contributed by atoms with Gasteiger partial charge in [-0.25, -0.2) is 0 Å². The van der Waals surface area contributed by atoms with E-state index >= 15 is 0 Å². The van der Waals surface area contributed by atoms with Crippen LogP contribution in [-0.2, 0) is 4.79 Å². The molecule has 3 aromatic carbocycles. The van der Waals surface area contributed by atoms with Gasteiger partial charge in [-0.1, -0.05) is 35.4 Å². The van der Waals surface area contributed by atoms with Crippen LogP contribution in [0, 0.1) is 33.8 Å². The Bertz CT molecular complexity index is 1470. The summed E-state index contributed by atoms with van der Waals surface area (Å²) in [7, 11) is 0. The minimum Gasteiger partial charge on any atom is -0.324 e. The molecule has 6 heteroatoms. The maximum atomic E-state index is 11.6. The fourth-order valence-electron chi connectivity index (χ4n) is 3.15. The second-order valence-corrected chi connectivity index (χ2v) is 8.49. The Balaban J connectivity index is 1.53. The van der Waals surface area contributed by atoms with Crippen molar-refractivity contribution < 1.29 is 9.72 Å². The highest BCUT2D eigenvalue weighted by molar-refractivity contribution is 8.13. The molecule has 4 rings (SSSR count). The van der Waals surface area contributed by atoms with Gasteiger partial charge in [0.2, 0.25) is 0 Å². The molecular formula is C28H18N2O3S. The van der Waals surface area contributed by atoms with Crippen molar-refractivity contribution in [1.82, 2.24) is 4.57 Å². The number of hydrogen-bond donors (Lipinski definition) is 0. The van der Waals surface area contributed by atoms with Crippen molar-refractivity contribution in [2.45, 2.75) is 11.8 Å². The van der Waals surface area contributed by atoms with Gasteiger partial charge in [0.1, 0.15) is 5.56 Å². The lowest BCUT2D eigenvalue weighted by Gasteiger charge is -2.02. The van der Waals surface area contributed by atoms with Gasteiger partial charge in [-0.3, -0.25) is 14.9 Å². The SMILES string of the molecule is CC(=O)Sc1ccc(C#Cc2ccc(C#Cc3ccc(-n4cccc4)cc3)cc2[N+](=O)[O-])cc1. The van der Waals surface area contributed by atoms with Crippen LogP contribution in [0.1, 0.15) is 29.2 Å². The van der Waals surface area contributed by atoms with Crippen molar-refractivity contribution >= 4 is 22.6 Å². The Morgan fingerprint density at radius 2 is 1.38 bits per heavy atom. The number of carbonyl (C=O) groups excluding carboxylic acids is 1. The van der Waals surface area contributed by atoms with Gasteiger partial charge in [0.15, 0.2) is 5.12 Å². The molecule has 0 spiro atoms. The average molecular weight is 463 g/mol. The van der Waals surface area contributed by atoms with Crippen LogP contribution in [0.15, 0.2) is 96.2 Å². The highest BCUT2D eigenvalue weighted by Crippen LogP contribution is 2.21. The fraction of sp³-hybridized carbons (Fsp3) is 0.0357. The molecule has 1 aromatic heterocycles. The summed E-state index contributed by atoms with van der Waals surface area (Å²) in [5, 5.41) is 11.6. The maximum absolute atomic E-state index is 11.6. The largest absolute Gasteiger partial charge is 0.324 e. The number of nitro groups is 1. The van der Waals surface area contributed by atoms with Crippen molar-refractivity contribution in [3.05, 3.63) is 124 Å². The Morgan fingerprint density at radius 3 is 2.00 bits per heavy atom. The molecule has 0 amide bonds. The number of nitrogens with zero attached hydrogens (tertiary/aromatic N) is 2. The summed E-state index contributed by atoms with van der Waals surface area (Å²) in [6, 6.07) is 23.6. The highest BCUT2D eigenvalue weighted by atomic mass is 32.2. The second-order valence-electron chi connectivity index (χ2n) is 7.24. The van der Waals surface area contributed by atoms with E-state index in [2.05, 4.69) is 23.7 Å².